The molecule has 0 aliphatic carbocycles. The van der Waals surface area contributed by atoms with Crippen molar-refractivity contribution in [2.45, 2.75) is 26.7 Å². The largest absolute Gasteiger partial charge is 0.295 e. The number of nitrogens with one attached hydrogen (secondary N) is 1. The standard InChI is InChI=1S/C17H19N3O2/c1-10(2)12-5-7-13(8-6-12)20-11(3)16-14(9-15(20)21)18-19(4)17(16)22/h5-10,18H,1-4H3. The van der Waals surface area contributed by atoms with Crippen LogP contribution in [0.3, 0.4) is 0 Å². The fourth-order valence-electron chi connectivity index (χ4n) is 2.82. The monoisotopic (exact) mass is 297 g/mol. The molecule has 0 aliphatic heterocycles. The molecule has 2 aromatic heterocycles. The van der Waals surface area contributed by atoms with Crippen LogP contribution in [0.25, 0.3) is 16.6 Å². The second kappa shape index (κ2) is 5.02. The number of hydrogen-bond acceptors (Lipinski definition) is 2. The molecule has 22 heavy (non-hydrogen) atoms. The molecule has 0 unspecified atom stereocenters. The van der Waals surface area contributed by atoms with E-state index in [1.165, 1.54) is 16.3 Å². The number of rotatable bonds is 2. The van der Waals surface area contributed by atoms with Crippen molar-refractivity contribution in [3.8, 4) is 5.69 Å². The topological polar surface area (TPSA) is 59.8 Å². The van der Waals surface area contributed by atoms with Gasteiger partial charge >= 0.3 is 0 Å². The minimum absolute atomic E-state index is 0.125. The van der Waals surface area contributed by atoms with E-state index in [9.17, 15) is 9.59 Å². The van der Waals surface area contributed by atoms with Gasteiger partial charge in [-0.1, -0.05) is 26.0 Å². The molecule has 1 aromatic carbocycles. The molecule has 0 spiro atoms. The number of nitrogens with zero attached hydrogens (tertiary/aromatic N) is 2. The van der Waals surface area contributed by atoms with Gasteiger partial charge in [0, 0.05) is 24.5 Å². The van der Waals surface area contributed by atoms with Crippen LogP contribution < -0.4 is 11.1 Å². The Labute approximate surface area is 127 Å². The summed E-state index contributed by atoms with van der Waals surface area (Å²) in [6.07, 6.45) is 0. The molecule has 1 N–H and O–H groups in total. The minimum Gasteiger partial charge on any atom is -0.295 e. The maximum absolute atomic E-state index is 12.4. The second-order valence-electron chi connectivity index (χ2n) is 5.91. The van der Waals surface area contributed by atoms with E-state index in [2.05, 4.69) is 18.9 Å². The van der Waals surface area contributed by atoms with Crippen LogP contribution in [0.2, 0.25) is 0 Å². The van der Waals surface area contributed by atoms with Crippen molar-refractivity contribution in [1.29, 1.82) is 0 Å². The lowest BCUT2D eigenvalue weighted by molar-refractivity contribution is 0.751. The van der Waals surface area contributed by atoms with E-state index >= 15 is 0 Å². The lowest BCUT2D eigenvalue weighted by Crippen LogP contribution is -2.21. The number of H-pyrrole nitrogens is 1. The van der Waals surface area contributed by atoms with Gasteiger partial charge in [-0.15, -0.1) is 0 Å². The Hall–Kier alpha value is -2.56. The van der Waals surface area contributed by atoms with Crippen LogP contribution in [0.4, 0.5) is 0 Å². The van der Waals surface area contributed by atoms with Gasteiger partial charge in [-0.25, -0.2) is 0 Å². The molecule has 3 aromatic rings. The van der Waals surface area contributed by atoms with Gasteiger partial charge in [0.2, 0.25) is 0 Å². The zero-order chi connectivity index (χ0) is 16.0. The van der Waals surface area contributed by atoms with E-state index in [0.29, 0.717) is 22.5 Å². The van der Waals surface area contributed by atoms with Gasteiger partial charge in [-0.05, 0) is 30.5 Å². The number of fused-ring (bicyclic) bond motifs is 1. The Bertz CT molecular complexity index is 956. The van der Waals surface area contributed by atoms with Crippen molar-refractivity contribution in [2.24, 2.45) is 7.05 Å². The summed E-state index contributed by atoms with van der Waals surface area (Å²) in [4.78, 5) is 24.6. The predicted octanol–water partition coefficient (Wildman–Crippen LogP) is 2.45. The van der Waals surface area contributed by atoms with Gasteiger partial charge in [-0.3, -0.25) is 23.9 Å². The lowest BCUT2D eigenvalue weighted by atomic mass is 10.0. The number of hydrogen-bond donors (Lipinski definition) is 1. The number of aryl methyl sites for hydroxylation is 2. The highest BCUT2D eigenvalue weighted by Gasteiger charge is 2.14. The molecule has 0 fully saturated rings. The van der Waals surface area contributed by atoms with Crippen molar-refractivity contribution in [1.82, 2.24) is 14.3 Å². The van der Waals surface area contributed by atoms with E-state index in [1.54, 1.807) is 18.5 Å². The van der Waals surface area contributed by atoms with Gasteiger partial charge in [0.15, 0.2) is 0 Å². The summed E-state index contributed by atoms with van der Waals surface area (Å²) < 4.78 is 2.98. The molecule has 5 heteroatoms. The number of aromatic amines is 1. The third kappa shape index (κ3) is 2.09. The summed E-state index contributed by atoms with van der Waals surface area (Å²) in [5.74, 6) is 0.436. The van der Waals surface area contributed by atoms with E-state index in [4.69, 9.17) is 0 Å². The normalized spacial score (nSPS) is 11.5. The van der Waals surface area contributed by atoms with Crippen molar-refractivity contribution < 1.29 is 0 Å². The minimum atomic E-state index is -0.149. The maximum Gasteiger partial charge on any atom is 0.275 e. The van der Waals surface area contributed by atoms with Crippen molar-refractivity contribution >= 4 is 10.9 Å². The van der Waals surface area contributed by atoms with Crippen LogP contribution in [-0.4, -0.2) is 14.3 Å². The summed E-state index contributed by atoms with van der Waals surface area (Å²) in [7, 11) is 1.65. The molecule has 5 nitrogen and oxygen atoms in total. The van der Waals surface area contributed by atoms with Gasteiger partial charge in [0.25, 0.3) is 11.1 Å². The first kappa shape index (κ1) is 14.4. The molecule has 0 saturated heterocycles. The van der Waals surface area contributed by atoms with Crippen LogP contribution in [-0.2, 0) is 7.05 Å². The second-order valence-corrected chi connectivity index (χ2v) is 5.91. The van der Waals surface area contributed by atoms with Crippen LogP contribution in [0, 0.1) is 6.92 Å². The smallest absolute Gasteiger partial charge is 0.275 e. The molecule has 0 aliphatic rings. The highest BCUT2D eigenvalue weighted by molar-refractivity contribution is 5.80. The molecule has 0 radical (unpaired) electrons. The molecule has 2 heterocycles. The van der Waals surface area contributed by atoms with Crippen molar-refractivity contribution in [3.05, 3.63) is 62.3 Å². The average Bonchev–Trinajstić information content (AvgIpc) is 2.74. The molecule has 3 rings (SSSR count). The summed E-state index contributed by atoms with van der Waals surface area (Å²) in [5.41, 5.74) is 2.95. The summed E-state index contributed by atoms with van der Waals surface area (Å²) in [6, 6.07) is 9.36. The van der Waals surface area contributed by atoms with Crippen LogP contribution >= 0.6 is 0 Å². The SMILES string of the molecule is Cc1c2c(=O)n(C)[nH]c2cc(=O)n1-c1ccc(C(C)C)cc1. The number of benzene rings is 1. The molecule has 0 amide bonds. The van der Waals surface area contributed by atoms with Gasteiger partial charge in [-0.2, -0.15) is 0 Å². The van der Waals surface area contributed by atoms with Crippen LogP contribution in [0.15, 0.2) is 39.9 Å². The summed E-state index contributed by atoms with van der Waals surface area (Å²) in [6.45, 7) is 6.05. The molecule has 114 valence electrons. The fourth-order valence-corrected chi connectivity index (χ4v) is 2.82. The zero-order valence-electron chi connectivity index (χ0n) is 13.2. The first-order valence-corrected chi connectivity index (χ1v) is 7.32. The Morgan fingerprint density at radius 2 is 1.73 bits per heavy atom. The van der Waals surface area contributed by atoms with Gasteiger partial charge < -0.3 is 0 Å². The Kier molecular flexibility index (Phi) is 3.28. The maximum atomic E-state index is 12.4. The Balaban J connectivity index is 2.28. The number of pyridine rings is 1. The molecule has 0 bridgehead atoms. The summed E-state index contributed by atoms with van der Waals surface area (Å²) >= 11 is 0. The first-order valence-electron chi connectivity index (χ1n) is 7.32. The fraction of sp³-hybridized carbons (Fsp3) is 0.294. The molecule has 0 saturated carbocycles. The third-order valence-corrected chi connectivity index (χ3v) is 4.08. The van der Waals surface area contributed by atoms with Gasteiger partial charge in [0.05, 0.1) is 10.9 Å². The molecular weight excluding hydrogens is 278 g/mol. The average molecular weight is 297 g/mol. The molecule has 0 atom stereocenters. The van der Waals surface area contributed by atoms with Crippen molar-refractivity contribution in [3.63, 3.8) is 0 Å². The van der Waals surface area contributed by atoms with E-state index in [-0.39, 0.29) is 11.1 Å². The van der Waals surface area contributed by atoms with Crippen LogP contribution in [0.5, 0.6) is 0 Å². The van der Waals surface area contributed by atoms with E-state index in [1.807, 2.05) is 24.3 Å². The Morgan fingerprint density at radius 3 is 2.32 bits per heavy atom. The quantitative estimate of drug-likeness (QED) is 0.790. The van der Waals surface area contributed by atoms with Crippen molar-refractivity contribution in [2.75, 3.05) is 0 Å². The predicted molar refractivity (Wildman–Crippen MR) is 88.0 cm³/mol. The van der Waals surface area contributed by atoms with Crippen LogP contribution in [0.1, 0.15) is 31.0 Å². The lowest BCUT2D eigenvalue weighted by Gasteiger charge is -2.12. The van der Waals surface area contributed by atoms with E-state index < -0.39 is 0 Å². The van der Waals surface area contributed by atoms with Gasteiger partial charge in [0.1, 0.15) is 0 Å². The highest BCUT2D eigenvalue weighted by Crippen LogP contribution is 2.19. The number of aromatic nitrogens is 3. The Morgan fingerprint density at radius 1 is 1.09 bits per heavy atom. The third-order valence-electron chi connectivity index (χ3n) is 4.08. The summed E-state index contributed by atoms with van der Waals surface area (Å²) in [5, 5.41) is 3.45. The zero-order valence-corrected chi connectivity index (χ0v) is 13.2. The first-order chi connectivity index (χ1) is 10.4. The highest BCUT2D eigenvalue weighted by atomic mass is 16.1. The van der Waals surface area contributed by atoms with E-state index in [0.717, 1.165) is 5.69 Å². The molecular formula is C17H19N3O2.